The molecule has 1 heterocycles. The number of hydrogen-bond acceptors (Lipinski definition) is 1. The second-order valence-corrected chi connectivity index (χ2v) is 3.91. The van der Waals surface area contributed by atoms with Gasteiger partial charge in [0.15, 0.2) is 0 Å². The Labute approximate surface area is 76.2 Å². The van der Waals surface area contributed by atoms with E-state index in [-0.39, 0.29) is 0 Å². The predicted octanol–water partition coefficient (Wildman–Crippen LogP) is 2.87. The first-order chi connectivity index (χ1) is 5.74. The van der Waals surface area contributed by atoms with E-state index in [9.17, 15) is 0 Å². The highest BCUT2D eigenvalue weighted by Crippen LogP contribution is 2.17. The van der Waals surface area contributed by atoms with Crippen molar-refractivity contribution in [3.63, 3.8) is 0 Å². The molecule has 1 N–H and O–H groups in total. The summed E-state index contributed by atoms with van der Waals surface area (Å²) in [6.07, 6.45) is 5.20. The van der Waals surface area contributed by atoms with Crippen LogP contribution >= 0.6 is 0 Å². The Morgan fingerprint density at radius 1 is 1.33 bits per heavy atom. The van der Waals surface area contributed by atoms with Crippen LogP contribution in [0.3, 0.4) is 0 Å². The van der Waals surface area contributed by atoms with Crippen LogP contribution in [0, 0.1) is 0 Å². The van der Waals surface area contributed by atoms with Crippen molar-refractivity contribution in [2.24, 2.45) is 0 Å². The van der Waals surface area contributed by atoms with Crippen molar-refractivity contribution >= 4 is 0 Å². The zero-order valence-corrected chi connectivity index (χ0v) is 8.61. The molecule has 1 unspecified atom stereocenters. The zero-order valence-electron chi connectivity index (χ0n) is 8.61. The molecule has 12 heavy (non-hydrogen) atoms. The normalized spacial score (nSPS) is 25.8. The summed E-state index contributed by atoms with van der Waals surface area (Å²) in [5, 5.41) is 3.53. The molecule has 0 aliphatic carbocycles. The van der Waals surface area contributed by atoms with E-state index < -0.39 is 0 Å². The van der Waals surface area contributed by atoms with Gasteiger partial charge in [-0.1, -0.05) is 18.1 Å². The molecule has 0 saturated carbocycles. The van der Waals surface area contributed by atoms with Gasteiger partial charge in [0.25, 0.3) is 0 Å². The van der Waals surface area contributed by atoms with Gasteiger partial charge in [-0.05, 0) is 46.1 Å². The maximum absolute atomic E-state index is 3.53. The third kappa shape index (κ3) is 2.63. The van der Waals surface area contributed by atoms with E-state index in [0.29, 0.717) is 0 Å². The number of rotatable bonds is 3. The topological polar surface area (TPSA) is 12.0 Å². The average molecular weight is 167 g/mol. The van der Waals surface area contributed by atoms with E-state index >= 15 is 0 Å². The lowest BCUT2D eigenvalue weighted by Crippen LogP contribution is -2.21. The lowest BCUT2D eigenvalue weighted by Gasteiger charge is -2.12. The molecule has 0 aromatic heterocycles. The monoisotopic (exact) mass is 167 g/mol. The minimum absolute atomic E-state index is 0.770. The summed E-state index contributed by atoms with van der Waals surface area (Å²) in [6, 6.07) is 0.770. The van der Waals surface area contributed by atoms with Crippen molar-refractivity contribution < 1.29 is 0 Å². The van der Waals surface area contributed by atoms with Crippen LogP contribution in [0.2, 0.25) is 0 Å². The van der Waals surface area contributed by atoms with E-state index in [2.05, 4.69) is 26.1 Å². The average Bonchev–Trinajstić information content (AvgIpc) is 2.55. The van der Waals surface area contributed by atoms with Gasteiger partial charge in [0.2, 0.25) is 0 Å². The quantitative estimate of drug-likeness (QED) is 0.637. The Morgan fingerprint density at radius 3 is 2.58 bits per heavy atom. The SMILES string of the molecule is CC/C(C)=C(\C)CC1CCCN1. The molecule has 1 aliphatic rings. The lowest BCUT2D eigenvalue weighted by atomic mass is 10.0. The second kappa shape index (κ2) is 4.66. The van der Waals surface area contributed by atoms with E-state index in [1.165, 1.54) is 32.2 Å². The minimum atomic E-state index is 0.770. The summed E-state index contributed by atoms with van der Waals surface area (Å²) >= 11 is 0. The van der Waals surface area contributed by atoms with E-state index in [4.69, 9.17) is 0 Å². The van der Waals surface area contributed by atoms with Crippen molar-refractivity contribution in [3.8, 4) is 0 Å². The minimum Gasteiger partial charge on any atom is -0.314 e. The summed E-state index contributed by atoms with van der Waals surface area (Å²) in [5.74, 6) is 0. The van der Waals surface area contributed by atoms with Gasteiger partial charge in [-0.2, -0.15) is 0 Å². The van der Waals surface area contributed by atoms with Crippen LogP contribution in [0.4, 0.5) is 0 Å². The Bertz CT molecular complexity index is 164. The van der Waals surface area contributed by atoms with E-state index in [1.807, 2.05) is 0 Å². The molecule has 1 atom stereocenters. The van der Waals surface area contributed by atoms with Crippen LogP contribution in [-0.2, 0) is 0 Å². The van der Waals surface area contributed by atoms with Gasteiger partial charge >= 0.3 is 0 Å². The largest absolute Gasteiger partial charge is 0.314 e. The van der Waals surface area contributed by atoms with Crippen LogP contribution in [0.15, 0.2) is 11.1 Å². The summed E-state index contributed by atoms with van der Waals surface area (Å²) in [5.41, 5.74) is 3.17. The molecule has 1 rings (SSSR count). The highest BCUT2D eigenvalue weighted by molar-refractivity contribution is 5.10. The molecule has 1 nitrogen and oxygen atoms in total. The number of nitrogens with one attached hydrogen (secondary N) is 1. The van der Waals surface area contributed by atoms with Crippen molar-refractivity contribution in [2.75, 3.05) is 6.54 Å². The van der Waals surface area contributed by atoms with Crippen molar-refractivity contribution in [3.05, 3.63) is 11.1 Å². The van der Waals surface area contributed by atoms with Crippen LogP contribution in [-0.4, -0.2) is 12.6 Å². The molecular formula is C11H21N. The molecule has 0 bridgehead atoms. The first-order valence-electron chi connectivity index (χ1n) is 5.12. The summed E-state index contributed by atoms with van der Waals surface area (Å²) in [6.45, 7) is 7.99. The fourth-order valence-corrected chi connectivity index (χ4v) is 1.78. The molecule has 0 aromatic rings. The van der Waals surface area contributed by atoms with Crippen molar-refractivity contribution in [2.45, 2.75) is 52.5 Å². The fourth-order valence-electron chi connectivity index (χ4n) is 1.78. The molecule has 1 aliphatic heterocycles. The third-order valence-electron chi connectivity index (χ3n) is 2.97. The molecular weight excluding hydrogens is 146 g/mol. The highest BCUT2D eigenvalue weighted by atomic mass is 14.9. The zero-order chi connectivity index (χ0) is 8.97. The summed E-state index contributed by atoms with van der Waals surface area (Å²) in [7, 11) is 0. The predicted molar refractivity (Wildman–Crippen MR) is 54.3 cm³/mol. The molecule has 1 fully saturated rings. The first kappa shape index (κ1) is 9.79. The molecule has 70 valence electrons. The van der Waals surface area contributed by atoms with Crippen molar-refractivity contribution in [1.29, 1.82) is 0 Å². The van der Waals surface area contributed by atoms with Gasteiger partial charge in [0, 0.05) is 6.04 Å². The van der Waals surface area contributed by atoms with Crippen LogP contribution < -0.4 is 5.32 Å². The highest BCUT2D eigenvalue weighted by Gasteiger charge is 2.14. The molecule has 0 amide bonds. The van der Waals surface area contributed by atoms with E-state index in [0.717, 1.165) is 6.04 Å². The number of hydrogen-bond donors (Lipinski definition) is 1. The Hall–Kier alpha value is -0.300. The van der Waals surface area contributed by atoms with Gasteiger partial charge in [0.1, 0.15) is 0 Å². The Balaban J connectivity index is 2.38. The molecule has 0 aromatic carbocycles. The number of allylic oxidation sites excluding steroid dienone is 1. The van der Waals surface area contributed by atoms with Crippen molar-refractivity contribution in [1.82, 2.24) is 5.32 Å². The smallest absolute Gasteiger partial charge is 0.0105 e. The molecule has 0 radical (unpaired) electrons. The third-order valence-corrected chi connectivity index (χ3v) is 2.97. The van der Waals surface area contributed by atoms with Gasteiger partial charge < -0.3 is 5.32 Å². The van der Waals surface area contributed by atoms with Crippen LogP contribution in [0.1, 0.15) is 46.5 Å². The van der Waals surface area contributed by atoms with Crippen LogP contribution in [0.5, 0.6) is 0 Å². The van der Waals surface area contributed by atoms with Gasteiger partial charge in [-0.3, -0.25) is 0 Å². The summed E-state index contributed by atoms with van der Waals surface area (Å²) in [4.78, 5) is 0. The van der Waals surface area contributed by atoms with Gasteiger partial charge in [0.05, 0.1) is 0 Å². The standard InChI is InChI=1S/C11H21N/c1-4-9(2)10(3)8-11-6-5-7-12-11/h11-12H,4-8H2,1-3H3/b10-9+. The Kier molecular flexibility index (Phi) is 3.80. The lowest BCUT2D eigenvalue weighted by molar-refractivity contribution is 0.596. The molecule has 0 spiro atoms. The Morgan fingerprint density at radius 2 is 2.08 bits per heavy atom. The molecule has 1 saturated heterocycles. The molecule has 1 heteroatoms. The second-order valence-electron chi connectivity index (χ2n) is 3.91. The van der Waals surface area contributed by atoms with E-state index in [1.54, 1.807) is 11.1 Å². The van der Waals surface area contributed by atoms with Crippen LogP contribution in [0.25, 0.3) is 0 Å². The maximum atomic E-state index is 3.53. The summed E-state index contributed by atoms with van der Waals surface area (Å²) < 4.78 is 0. The first-order valence-corrected chi connectivity index (χ1v) is 5.12. The van der Waals surface area contributed by atoms with Gasteiger partial charge in [-0.25, -0.2) is 0 Å². The maximum Gasteiger partial charge on any atom is 0.0105 e. The van der Waals surface area contributed by atoms with Gasteiger partial charge in [-0.15, -0.1) is 0 Å². The fraction of sp³-hybridized carbons (Fsp3) is 0.818.